The molecule has 0 amide bonds. The Kier molecular flexibility index (Phi) is 2.86. The quantitative estimate of drug-likeness (QED) is 0.600. The lowest BCUT2D eigenvalue weighted by molar-refractivity contribution is -0.385. The van der Waals surface area contributed by atoms with Crippen LogP contribution in [0.4, 0.5) is 11.6 Å². The van der Waals surface area contributed by atoms with Crippen molar-refractivity contribution in [2.24, 2.45) is 0 Å². The number of carboxylic acid groups (broad SMARTS) is 1. The standard InChI is InChI=1S/C9H10N4O4/c14-8(15)7-2-1-3-12(7)9-10-4-6(5-11-9)13(16)17/h4-5,7H,1-3H2,(H,14,15). The second-order valence-electron chi connectivity index (χ2n) is 3.69. The largest absolute Gasteiger partial charge is 0.480 e. The number of anilines is 1. The minimum Gasteiger partial charge on any atom is -0.480 e. The van der Waals surface area contributed by atoms with Crippen molar-refractivity contribution < 1.29 is 14.8 Å². The minimum atomic E-state index is -0.926. The fraction of sp³-hybridized carbons (Fsp3) is 0.444. The Morgan fingerprint density at radius 3 is 2.71 bits per heavy atom. The number of nitro groups is 1. The molecule has 1 aromatic heterocycles. The lowest BCUT2D eigenvalue weighted by atomic mass is 10.2. The van der Waals surface area contributed by atoms with Gasteiger partial charge in [-0.2, -0.15) is 0 Å². The molecule has 1 saturated heterocycles. The maximum atomic E-state index is 11.0. The molecule has 1 N–H and O–H groups in total. The fourth-order valence-corrected chi connectivity index (χ4v) is 1.82. The third-order valence-corrected chi connectivity index (χ3v) is 2.63. The summed E-state index contributed by atoms with van der Waals surface area (Å²) in [5.74, 6) is -0.704. The van der Waals surface area contributed by atoms with E-state index in [-0.39, 0.29) is 11.6 Å². The van der Waals surface area contributed by atoms with Crippen LogP contribution >= 0.6 is 0 Å². The minimum absolute atomic E-state index is 0.208. The molecule has 90 valence electrons. The number of hydrogen-bond donors (Lipinski definition) is 1. The van der Waals surface area contributed by atoms with Crippen LogP contribution < -0.4 is 4.90 Å². The maximum Gasteiger partial charge on any atom is 0.326 e. The van der Waals surface area contributed by atoms with Crippen molar-refractivity contribution in [2.75, 3.05) is 11.4 Å². The molecule has 0 radical (unpaired) electrons. The van der Waals surface area contributed by atoms with Gasteiger partial charge in [-0.15, -0.1) is 0 Å². The lowest BCUT2D eigenvalue weighted by Crippen LogP contribution is -2.36. The van der Waals surface area contributed by atoms with E-state index in [0.29, 0.717) is 13.0 Å². The molecule has 1 atom stereocenters. The number of nitrogens with zero attached hydrogens (tertiary/aromatic N) is 4. The number of aliphatic carboxylic acids is 1. The Hall–Kier alpha value is -2.25. The molecule has 8 heteroatoms. The summed E-state index contributed by atoms with van der Waals surface area (Å²) >= 11 is 0. The van der Waals surface area contributed by atoms with Crippen LogP contribution in [0.15, 0.2) is 12.4 Å². The summed E-state index contributed by atoms with van der Waals surface area (Å²) in [5.41, 5.74) is -0.208. The molecular formula is C9H10N4O4. The van der Waals surface area contributed by atoms with Gasteiger partial charge in [-0.1, -0.05) is 0 Å². The third kappa shape index (κ3) is 2.14. The highest BCUT2D eigenvalue weighted by Gasteiger charge is 2.32. The molecule has 2 rings (SSSR count). The predicted octanol–water partition coefficient (Wildman–Crippen LogP) is 0.438. The summed E-state index contributed by atoms with van der Waals surface area (Å²) in [4.78, 5) is 30.0. The first kappa shape index (κ1) is 11.2. The topological polar surface area (TPSA) is 109 Å². The van der Waals surface area contributed by atoms with Crippen molar-refractivity contribution in [1.29, 1.82) is 0 Å². The Labute approximate surface area is 96.1 Å². The molecule has 0 aromatic carbocycles. The van der Waals surface area contributed by atoms with Crippen LogP contribution in [0.5, 0.6) is 0 Å². The van der Waals surface area contributed by atoms with Gasteiger partial charge in [0.05, 0.1) is 4.92 Å². The summed E-state index contributed by atoms with van der Waals surface area (Å²) in [6, 6.07) is -0.642. The molecule has 1 fully saturated rings. The number of hydrogen-bond acceptors (Lipinski definition) is 6. The van der Waals surface area contributed by atoms with Crippen molar-refractivity contribution in [1.82, 2.24) is 9.97 Å². The molecule has 1 aliphatic heterocycles. The molecule has 2 heterocycles. The highest BCUT2D eigenvalue weighted by atomic mass is 16.6. The van der Waals surface area contributed by atoms with Gasteiger partial charge < -0.3 is 10.0 Å². The molecule has 0 saturated carbocycles. The second kappa shape index (κ2) is 4.32. The van der Waals surface area contributed by atoms with Crippen molar-refractivity contribution in [3.05, 3.63) is 22.5 Å². The molecule has 0 bridgehead atoms. The van der Waals surface area contributed by atoms with Crippen molar-refractivity contribution >= 4 is 17.6 Å². The zero-order valence-electron chi connectivity index (χ0n) is 8.81. The van der Waals surface area contributed by atoms with E-state index >= 15 is 0 Å². The van der Waals surface area contributed by atoms with Crippen LogP contribution in [0.3, 0.4) is 0 Å². The summed E-state index contributed by atoms with van der Waals surface area (Å²) in [6.07, 6.45) is 3.45. The second-order valence-corrected chi connectivity index (χ2v) is 3.69. The zero-order valence-corrected chi connectivity index (χ0v) is 8.81. The van der Waals surface area contributed by atoms with Crippen LogP contribution in [0, 0.1) is 10.1 Å². The maximum absolute atomic E-state index is 11.0. The molecule has 8 nitrogen and oxygen atoms in total. The Bertz CT molecular complexity index is 447. The van der Waals surface area contributed by atoms with Crippen molar-refractivity contribution in [3.63, 3.8) is 0 Å². The van der Waals surface area contributed by atoms with Crippen LogP contribution in [0.2, 0.25) is 0 Å². The molecule has 17 heavy (non-hydrogen) atoms. The number of aromatic nitrogens is 2. The van der Waals surface area contributed by atoms with Gasteiger partial charge in [0.25, 0.3) is 0 Å². The lowest BCUT2D eigenvalue weighted by Gasteiger charge is -2.20. The third-order valence-electron chi connectivity index (χ3n) is 2.63. The van der Waals surface area contributed by atoms with Crippen molar-refractivity contribution in [2.45, 2.75) is 18.9 Å². The van der Waals surface area contributed by atoms with Gasteiger partial charge in [0.1, 0.15) is 18.4 Å². The summed E-state index contributed by atoms with van der Waals surface area (Å²) < 4.78 is 0. The molecule has 0 aliphatic carbocycles. The van der Waals surface area contributed by atoms with Gasteiger partial charge in [0.15, 0.2) is 0 Å². The average molecular weight is 238 g/mol. The normalized spacial score (nSPS) is 19.3. The molecule has 1 unspecified atom stereocenters. The number of carbonyl (C=O) groups is 1. The van der Waals surface area contributed by atoms with E-state index in [1.54, 1.807) is 4.90 Å². The number of rotatable bonds is 3. The Morgan fingerprint density at radius 1 is 1.53 bits per heavy atom. The fourth-order valence-electron chi connectivity index (χ4n) is 1.82. The van der Waals surface area contributed by atoms with Crippen LogP contribution in [-0.2, 0) is 4.79 Å². The van der Waals surface area contributed by atoms with E-state index in [4.69, 9.17) is 5.11 Å². The molecule has 1 aromatic rings. The summed E-state index contributed by atoms with van der Waals surface area (Å²) in [5, 5.41) is 19.4. The SMILES string of the molecule is O=C(O)C1CCCN1c1ncc([N+](=O)[O-])cn1. The van der Waals surface area contributed by atoms with E-state index in [9.17, 15) is 14.9 Å². The first-order chi connectivity index (χ1) is 8.09. The zero-order chi connectivity index (χ0) is 12.4. The van der Waals surface area contributed by atoms with Gasteiger partial charge in [0.2, 0.25) is 5.95 Å². The van der Waals surface area contributed by atoms with E-state index in [1.807, 2.05) is 0 Å². The smallest absolute Gasteiger partial charge is 0.326 e. The average Bonchev–Trinajstić information content (AvgIpc) is 2.78. The predicted molar refractivity (Wildman–Crippen MR) is 56.7 cm³/mol. The first-order valence-electron chi connectivity index (χ1n) is 5.05. The monoisotopic (exact) mass is 238 g/mol. The van der Waals surface area contributed by atoms with Gasteiger partial charge in [-0.05, 0) is 12.8 Å². The van der Waals surface area contributed by atoms with E-state index in [2.05, 4.69) is 9.97 Å². The molecular weight excluding hydrogens is 228 g/mol. The van der Waals surface area contributed by atoms with Crippen molar-refractivity contribution in [3.8, 4) is 0 Å². The van der Waals surface area contributed by atoms with E-state index in [0.717, 1.165) is 18.8 Å². The molecule has 1 aliphatic rings. The Balaban J connectivity index is 2.22. The highest BCUT2D eigenvalue weighted by molar-refractivity contribution is 5.78. The Morgan fingerprint density at radius 2 is 2.18 bits per heavy atom. The van der Waals surface area contributed by atoms with E-state index in [1.165, 1.54) is 0 Å². The molecule has 0 spiro atoms. The van der Waals surface area contributed by atoms with Crippen LogP contribution in [0.25, 0.3) is 0 Å². The van der Waals surface area contributed by atoms with Crippen LogP contribution in [0.1, 0.15) is 12.8 Å². The van der Waals surface area contributed by atoms with E-state index < -0.39 is 16.9 Å². The number of carboxylic acids is 1. The summed E-state index contributed by atoms with van der Waals surface area (Å²) in [6.45, 7) is 0.550. The highest BCUT2D eigenvalue weighted by Crippen LogP contribution is 2.22. The summed E-state index contributed by atoms with van der Waals surface area (Å²) in [7, 11) is 0. The van der Waals surface area contributed by atoms with Gasteiger partial charge in [0, 0.05) is 6.54 Å². The van der Waals surface area contributed by atoms with Gasteiger partial charge in [-0.3, -0.25) is 10.1 Å². The first-order valence-corrected chi connectivity index (χ1v) is 5.05. The van der Waals surface area contributed by atoms with Gasteiger partial charge in [-0.25, -0.2) is 14.8 Å². The van der Waals surface area contributed by atoms with Gasteiger partial charge >= 0.3 is 11.7 Å². The van der Waals surface area contributed by atoms with Crippen LogP contribution in [-0.4, -0.2) is 38.6 Å².